The highest BCUT2D eigenvalue weighted by Crippen LogP contribution is 2.34. The van der Waals surface area contributed by atoms with Gasteiger partial charge in [0.2, 0.25) is 0 Å². The van der Waals surface area contributed by atoms with Gasteiger partial charge in [-0.2, -0.15) is 0 Å². The monoisotopic (exact) mass is 506 g/mol. The molecule has 0 aromatic heterocycles. The van der Waals surface area contributed by atoms with E-state index < -0.39 is 30.5 Å². The zero-order valence-electron chi connectivity index (χ0n) is 21.6. The number of aliphatic hydroxyl groups excluding tert-OH is 2. The predicted molar refractivity (Wildman–Crippen MR) is 144 cm³/mol. The van der Waals surface area contributed by atoms with Gasteiger partial charge in [0.05, 0.1) is 39.1 Å². The Hall–Kier alpha value is -3.00. The van der Waals surface area contributed by atoms with Gasteiger partial charge in [-0.25, -0.2) is 0 Å². The second-order valence-corrected chi connectivity index (χ2v) is 8.99. The number of hydrogen-bond donors (Lipinski definition) is 2. The lowest BCUT2D eigenvalue weighted by Gasteiger charge is -2.46. The number of benzene rings is 3. The Bertz CT molecular complexity index is 969. The van der Waals surface area contributed by atoms with Gasteiger partial charge in [0.25, 0.3) is 0 Å². The van der Waals surface area contributed by atoms with Crippen LogP contribution in [0, 0.1) is 5.92 Å². The highest BCUT2D eigenvalue weighted by molar-refractivity contribution is 5.26. The van der Waals surface area contributed by atoms with E-state index in [1.807, 2.05) is 91.9 Å². The lowest BCUT2D eigenvalue weighted by Crippen LogP contribution is -2.62. The molecule has 6 nitrogen and oxygen atoms in total. The minimum Gasteiger partial charge on any atom is -0.497 e. The molecule has 6 heteroatoms. The van der Waals surface area contributed by atoms with Gasteiger partial charge >= 0.3 is 0 Å². The van der Waals surface area contributed by atoms with E-state index in [1.54, 1.807) is 7.11 Å². The summed E-state index contributed by atoms with van der Waals surface area (Å²) in [5, 5.41) is 21.9. The van der Waals surface area contributed by atoms with Gasteiger partial charge < -0.3 is 29.2 Å². The van der Waals surface area contributed by atoms with Gasteiger partial charge in [0.1, 0.15) is 24.1 Å². The molecule has 198 valence electrons. The van der Waals surface area contributed by atoms with Gasteiger partial charge in [0, 0.05) is 5.92 Å². The van der Waals surface area contributed by atoms with Crippen LogP contribution in [0.1, 0.15) is 23.6 Å². The van der Waals surface area contributed by atoms with E-state index in [2.05, 4.69) is 13.2 Å². The fourth-order valence-corrected chi connectivity index (χ4v) is 4.46. The molecule has 0 spiro atoms. The standard InChI is InChI=1S/C29H34O6.C2H4/c1-20-25(30)26(31)28(34-18-22-11-7-4-8-12-22)29(27(20)33-17-21-9-5-3-6-10-21)35-19-23-13-15-24(32-2)16-14-23;1-2/h3-16,20,25-31H,17-19H2,1-2H3;1-2H2/t20-,25?,26+,27?,28+,29?;/m0./s1. The Labute approximate surface area is 220 Å². The van der Waals surface area contributed by atoms with E-state index in [1.165, 1.54) is 0 Å². The Morgan fingerprint density at radius 1 is 0.595 bits per heavy atom. The normalized spacial score (nSPS) is 25.1. The van der Waals surface area contributed by atoms with Crippen molar-refractivity contribution in [2.24, 2.45) is 5.92 Å². The number of aliphatic hydroxyl groups is 2. The molecule has 3 aromatic carbocycles. The molecule has 0 heterocycles. The largest absolute Gasteiger partial charge is 0.497 e. The third-order valence-electron chi connectivity index (χ3n) is 6.56. The van der Waals surface area contributed by atoms with Crippen molar-refractivity contribution in [1.82, 2.24) is 0 Å². The van der Waals surface area contributed by atoms with Crippen LogP contribution in [0.5, 0.6) is 5.75 Å². The maximum Gasteiger partial charge on any atom is 0.118 e. The Kier molecular flexibility index (Phi) is 11.3. The number of hydrogen-bond acceptors (Lipinski definition) is 6. The second-order valence-electron chi connectivity index (χ2n) is 8.99. The molecule has 0 aliphatic heterocycles. The van der Waals surface area contributed by atoms with E-state index in [0.717, 1.165) is 22.4 Å². The van der Waals surface area contributed by atoms with Gasteiger partial charge in [-0.15, -0.1) is 13.2 Å². The second kappa shape index (κ2) is 14.7. The Morgan fingerprint density at radius 2 is 1.03 bits per heavy atom. The summed E-state index contributed by atoms with van der Waals surface area (Å²) in [6, 6.07) is 27.3. The number of ether oxygens (including phenoxy) is 4. The molecule has 4 rings (SSSR count). The fourth-order valence-electron chi connectivity index (χ4n) is 4.46. The van der Waals surface area contributed by atoms with Gasteiger partial charge in [-0.05, 0) is 28.8 Å². The molecular formula is C31H38O6. The smallest absolute Gasteiger partial charge is 0.118 e. The summed E-state index contributed by atoms with van der Waals surface area (Å²) in [7, 11) is 1.63. The fraction of sp³-hybridized carbons (Fsp3) is 0.355. The van der Waals surface area contributed by atoms with Crippen molar-refractivity contribution in [2.75, 3.05) is 7.11 Å². The van der Waals surface area contributed by atoms with Gasteiger partial charge in [-0.3, -0.25) is 0 Å². The molecule has 37 heavy (non-hydrogen) atoms. The van der Waals surface area contributed by atoms with Crippen molar-refractivity contribution < 1.29 is 29.2 Å². The molecule has 1 fully saturated rings. The predicted octanol–water partition coefficient (Wildman–Crippen LogP) is 4.92. The first-order valence-corrected chi connectivity index (χ1v) is 12.5. The van der Waals surface area contributed by atoms with Crippen molar-refractivity contribution in [1.29, 1.82) is 0 Å². The van der Waals surface area contributed by atoms with Crippen LogP contribution in [0.3, 0.4) is 0 Å². The number of rotatable bonds is 10. The van der Waals surface area contributed by atoms with E-state index in [-0.39, 0.29) is 12.5 Å². The maximum atomic E-state index is 11.0. The minimum atomic E-state index is -1.11. The van der Waals surface area contributed by atoms with E-state index in [9.17, 15) is 10.2 Å². The molecule has 0 radical (unpaired) electrons. The molecule has 1 aliphatic rings. The zero-order chi connectivity index (χ0) is 26.6. The molecule has 3 aromatic rings. The highest BCUT2D eigenvalue weighted by atomic mass is 16.6. The molecule has 6 atom stereocenters. The maximum absolute atomic E-state index is 11.0. The molecule has 0 amide bonds. The van der Waals surface area contributed by atoms with Crippen molar-refractivity contribution in [3.63, 3.8) is 0 Å². The zero-order valence-corrected chi connectivity index (χ0v) is 21.6. The highest BCUT2D eigenvalue weighted by Gasteiger charge is 2.50. The van der Waals surface area contributed by atoms with Crippen molar-refractivity contribution >= 4 is 0 Å². The molecule has 0 bridgehead atoms. The van der Waals surface area contributed by atoms with Crippen LogP contribution >= 0.6 is 0 Å². The molecule has 1 saturated carbocycles. The van der Waals surface area contributed by atoms with E-state index in [0.29, 0.717) is 13.2 Å². The first-order chi connectivity index (χ1) is 18.1. The van der Waals surface area contributed by atoms with Crippen LogP contribution in [0.25, 0.3) is 0 Å². The number of methoxy groups -OCH3 is 1. The third kappa shape index (κ3) is 7.74. The SMILES string of the molecule is C=C.COc1ccc(COC2C(OCc3ccccc3)[C@@H](C)C(O)[C@@H](O)[C@H]2OCc2ccccc2)cc1. The van der Waals surface area contributed by atoms with Gasteiger partial charge in [0.15, 0.2) is 0 Å². The van der Waals surface area contributed by atoms with Crippen LogP contribution in [-0.4, -0.2) is 47.8 Å². The lowest BCUT2D eigenvalue weighted by atomic mass is 9.79. The van der Waals surface area contributed by atoms with Crippen molar-refractivity contribution in [3.05, 3.63) is 115 Å². The lowest BCUT2D eigenvalue weighted by molar-refractivity contribution is -0.246. The van der Waals surface area contributed by atoms with Crippen LogP contribution in [0.15, 0.2) is 98.1 Å². The molecule has 3 unspecified atom stereocenters. The summed E-state index contributed by atoms with van der Waals surface area (Å²) < 4.78 is 24.1. The molecule has 2 N–H and O–H groups in total. The van der Waals surface area contributed by atoms with E-state index in [4.69, 9.17) is 18.9 Å². The molecular weight excluding hydrogens is 468 g/mol. The topological polar surface area (TPSA) is 77.4 Å². The summed E-state index contributed by atoms with van der Waals surface area (Å²) >= 11 is 0. The van der Waals surface area contributed by atoms with Crippen molar-refractivity contribution in [2.45, 2.75) is 57.3 Å². The summed E-state index contributed by atoms with van der Waals surface area (Å²) in [4.78, 5) is 0. The minimum absolute atomic E-state index is 0.289. The van der Waals surface area contributed by atoms with Crippen LogP contribution in [0.2, 0.25) is 0 Å². The van der Waals surface area contributed by atoms with Crippen LogP contribution in [0.4, 0.5) is 0 Å². The van der Waals surface area contributed by atoms with Crippen molar-refractivity contribution in [3.8, 4) is 5.75 Å². The average molecular weight is 507 g/mol. The summed E-state index contributed by atoms with van der Waals surface area (Å²) in [5.41, 5.74) is 2.96. The van der Waals surface area contributed by atoms with Gasteiger partial charge in [-0.1, -0.05) is 79.7 Å². The summed E-state index contributed by atoms with van der Waals surface area (Å²) in [6.07, 6.45) is -3.94. The first-order valence-electron chi connectivity index (χ1n) is 12.5. The summed E-state index contributed by atoms with van der Waals surface area (Å²) in [5.74, 6) is 0.415. The molecule has 0 saturated heterocycles. The summed E-state index contributed by atoms with van der Waals surface area (Å²) in [6.45, 7) is 8.84. The Morgan fingerprint density at radius 3 is 1.51 bits per heavy atom. The first kappa shape index (κ1) is 28.6. The van der Waals surface area contributed by atoms with Crippen LogP contribution < -0.4 is 4.74 Å². The average Bonchev–Trinajstić information content (AvgIpc) is 2.96. The quantitative estimate of drug-likeness (QED) is 0.380. The molecule has 1 aliphatic carbocycles. The third-order valence-corrected chi connectivity index (χ3v) is 6.56. The van der Waals surface area contributed by atoms with E-state index >= 15 is 0 Å². The Balaban J connectivity index is 0.00000186. The van der Waals surface area contributed by atoms with Crippen LogP contribution in [-0.2, 0) is 34.0 Å².